The van der Waals surface area contributed by atoms with Crippen LogP contribution < -0.4 is 14.8 Å². The van der Waals surface area contributed by atoms with E-state index in [1.54, 1.807) is 30.3 Å². The second kappa shape index (κ2) is 12.6. The molecule has 3 aromatic carbocycles. The van der Waals surface area contributed by atoms with Gasteiger partial charge in [0.2, 0.25) is 0 Å². The molecular formula is C27H23IN2O5. The molecule has 3 rings (SSSR count). The van der Waals surface area contributed by atoms with Crippen LogP contribution in [0.15, 0.2) is 72.3 Å². The van der Waals surface area contributed by atoms with Crippen LogP contribution in [0.25, 0.3) is 6.08 Å². The number of hydrogen-bond donors (Lipinski definition) is 1. The van der Waals surface area contributed by atoms with Crippen LogP contribution >= 0.6 is 22.6 Å². The molecule has 0 unspecified atom stereocenters. The van der Waals surface area contributed by atoms with Gasteiger partial charge in [0.1, 0.15) is 18.2 Å². The topological polar surface area (TPSA) is 97.7 Å². The molecule has 0 aliphatic carbocycles. The molecule has 0 heterocycles. The van der Waals surface area contributed by atoms with E-state index in [0.717, 1.165) is 9.13 Å². The Balaban J connectivity index is 1.74. The summed E-state index contributed by atoms with van der Waals surface area (Å²) in [4.78, 5) is 24.2. The standard InChI is InChI=1S/C27H23IN2O5/c1-3-34-25-15-19(6-13-24(25)35-17-18-4-9-22(28)10-5-18)14-21(16-29)26(31)30-23-11-7-20(8-12-23)27(32)33-2/h4-15H,3,17H2,1-2H3,(H,30,31)/b21-14+. The zero-order valence-corrected chi connectivity index (χ0v) is 21.4. The number of nitrogens with zero attached hydrogens (tertiary/aromatic N) is 1. The van der Waals surface area contributed by atoms with Crippen LogP contribution in [0.3, 0.4) is 0 Å². The summed E-state index contributed by atoms with van der Waals surface area (Å²) in [6.45, 7) is 2.68. The molecule has 1 amide bonds. The summed E-state index contributed by atoms with van der Waals surface area (Å²) in [6, 6.07) is 21.4. The first kappa shape index (κ1) is 25.8. The molecule has 0 spiro atoms. The average molecular weight is 582 g/mol. The molecular weight excluding hydrogens is 559 g/mol. The number of carbonyl (C=O) groups excluding carboxylic acids is 2. The smallest absolute Gasteiger partial charge is 0.337 e. The van der Waals surface area contributed by atoms with Crippen molar-refractivity contribution in [2.24, 2.45) is 0 Å². The van der Waals surface area contributed by atoms with Gasteiger partial charge in [-0.1, -0.05) is 18.2 Å². The first-order valence-electron chi connectivity index (χ1n) is 10.7. The molecule has 0 aromatic heterocycles. The summed E-state index contributed by atoms with van der Waals surface area (Å²) in [6.07, 6.45) is 1.48. The van der Waals surface area contributed by atoms with Crippen molar-refractivity contribution in [2.45, 2.75) is 13.5 Å². The number of esters is 1. The number of amides is 1. The van der Waals surface area contributed by atoms with Crippen LogP contribution in [0.2, 0.25) is 0 Å². The molecule has 0 bridgehead atoms. The van der Waals surface area contributed by atoms with Gasteiger partial charge < -0.3 is 19.5 Å². The van der Waals surface area contributed by atoms with Gasteiger partial charge in [-0.05, 0) is 95.2 Å². The van der Waals surface area contributed by atoms with Gasteiger partial charge in [-0.25, -0.2) is 4.79 Å². The van der Waals surface area contributed by atoms with Crippen LogP contribution in [0, 0.1) is 14.9 Å². The summed E-state index contributed by atoms with van der Waals surface area (Å²) < 4.78 is 17.5. The van der Waals surface area contributed by atoms with Crippen LogP contribution in [0.1, 0.15) is 28.4 Å². The highest BCUT2D eigenvalue weighted by Crippen LogP contribution is 2.30. The molecule has 178 valence electrons. The number of methoxy groups -OCH3 is 1. The van der Waals surface area contributed by atoms with Crippen molar-refractivity contribution in [3.63, 3.8) is 0 Å². The molecule has 0 radical (unpaired) electrons. The lowest BCUT2D eigenvalue weighted by Crippen LogP contribution is -2.13. The second-order valence-electron chi connectivity index (χ2n) is 7.25. The van der Waals surface area contributed by atoms with E-state index in [2.05, 4.69) is 32.6 Å². The highest BCUT2D eigenvalue weighted by molar-refractivity contribution is 14.1. The Bertz CT molecular complexity index is 1260. The van der Waals surface area contributed by atoms with E-state index >= 15 is 0 Å². The van der Waals surface area contributed by atoms with E-state index < -0.39 is 11.9 Å². The molecule has 7 nitrogen and oxygen atoms in total. The zero-order chi connectivity index (χ0) is 25.2. The lowest BCUT2D eigenvalue weighted by Gasteiger charge is -2.13. The van der Waals surface area contributed by atoms with Crippen LogP contribution in [-0.2, 0) is 16.1 Å². The normalized spacial score (nSPS) is 10.7. The van der Waals surface area contributed by atoms with Crippen molar-refractivity contribution in [3.05, 3.63) is 92.6 Å². The van der Waals surface area contributed by atoms with E-state index in [9.17, 15) is 14.9 Å². The Morgan fingerprint density at radius 2 is 1.71 bits per heavy atom. The molecule has 8 heteroatoms. The molecule has 0 saturated heterocycles. The predicted molar refractivity (Wildman–Crippen MR) is 141 cm³/mol. The molecule has 0 fully saturated rings. The number of benzene rings is 3. The molecule has 0 atom stereocenters. The quantitative estimate of drug-likeness (QED) is 0.153. The third kappa shape index (κ3) is 7.32. The fraction of sp³-hybridized carbons (Fsp3) is 0.148. The Morgan fingerprint density at radius 3 is 2.34 bits per heavy atom. The van der Waals surface area contributed by atoms with Gasteiger partial charge in [-0.15, -0.1) is 0 Å². The highest BCUT2D eigenvalue weighted by Gasteiger charge is 2.13. The number of carbonyl (C=O) groups is 2. The molecule has 0 aliphatic heterocycles. The minimum absolute atomic E-state index is 0.0861. The van der Waals surface area contributed by atoms with Gasteiger partial charge in [0.25, 0.3) is 5.91 Å². The van der Waals surface area contributed by atoms with E-state index in [4.69, 9.17) is 9.47 Å². The minimum atomic E-state index is -0.574. The SMILES string of the molecule is CCOc1cc(/C=C(\C#N)C(=O)Nc2ccc(C(=O)OC)cc2)ccc1OCc1ccc(I)cc1. The molecule has 35 heavy (non-hydrogen) atoms. The van der Waals surface area contributed by atoms with Gasteiger partial charge in [0.05, 0.1) is 19.3 Å². The number of nitrogens with one attached hydrogen (secondary N) is 1. The summed E-state index contributed by atoms with van der Waals surface area (Å²) >= 11 is 2.25. The highest BCUT2D eigenvalue weighted by atomic mass is 127. The third-order valence-corrected chi connectivity index (χ3v) is 5.53. The lowest BCUT2D eigenvalue weighted by molar-refractivity contribution is -0.112. The Morgan fingerprint density at radius 1 is 1.00 bits per heavy atom. The van der Waals surface area contributed by atoms with E-state index in [-0.39, 0.29) is 5.57 Å². The Hall–Kier alpha value is -3.84. The monoisotopic (exact) mass is 582 g/mol. The number of ether oxygens (including phenoxy) is 3. The van der Waals surface area contributed by atoms with Gasteiger partial charge >= 0.3 is 5.97 Å². The maximum atomic E-state index is 12.6. The second-order valence-corrected chi connectivity index (χ2v) is 8.49. The Kier molecular flexibility index (Phi) is 9.26. The van der Waals surface area contributed by atoms with E-state index in [0.29, 0.717) is 41.5 Å². The zero-order valence-electron chi connectivity index (χ0n) is 19.2. The van der Waals surface area contributed by atoms with E-state index in [1.165, 1.54) is 25.3 Å². The average Bonchev–Trinajstić information content (AvgIpc) is 2.87. The number of rotatable bonds is 9. The van der Waals surface area contributed by atoms with Gasteiger partial charge in [-0.2, -0.15) is 5.26 Å². The molecule has 0 saturated carbocycles. The van der Waals surface area contributed by atoms with Crippen molar-refractivity contribution >= 4 is 46.2 Å². The van der Waals surface area contributed by atoms with Gasteiger partial charge in [0, 0.05) is 9.26 Å². The summed E-state index contributed by atoms with van der Waals surface area (Å²) in [7, 11) is 1.29. The van der Waals surface area contributed by atoms with Gasteiger partial charge in [-0.3, -0.25) is 4.79 Å². The summed E-state index contributed by atoms with van der Waals surface area (Å²) in [5, 5.41) is 12.2. The Labute approximate surface area is 217 Å². The molecule has 1 N–H and O–H groups in total. The molecule has 3 aromatic rings. The minimum Gasteiger partial charge on any atom is -0.490 e. The van der Waals surface area contributed by atoms with Crippen molar-refractivity contribution in [3.8, 4) is 17.6 Å². The number of halogens is 1. The van der Waals surface area contributed by atoms with Crippen molar-refractivity contribution in [2.75, 3.05) is 19.0 Å². The van der Waals surface area contributed by atoms with Crippen LogP contribution in [0.5, 0.6) is 11.5 Å². The fourth-order valence-electron chi connectivity index (χ4n) is 3.06. The summed E-state index contributed by atoms with van der Waals surface area (Å²) in [5.41, 5.74) is 2.35. The summed E-state index contributed by atoms with van der Waals surface area (Å²) in [5.74, 6) is 0.0333. The largest absolute Gasteiger partial charge is 0.490 e. The third-order valence-electron chi connectivity index (χ3n) is 4.82. The van der Waals surface area contributed by atoms with Crippen molar-refractivity contribution in [1.82, 2.24) is 0 Å². The molecule has 0 aliphatic rings. The first-order valence-corrected chi connectivity index (χ1v) is 11.8. The van der Waals surface area contributed by atoms with Crippen molar-refractivity contribution in [1.29, 1.82) is 5.26 Å². The van der Waals surface area contributed by atoms with Crippen LogP contribution in [-0.4, -0.2) is 25.6 Å². The van der Waals surface area contributed by atoms with Gasteiger partial charge in [0.15, 0.2) is 11.5 Å². The predicted octanol–water partition coefficient (Wildman–Crippen LogP) is 5.60. The lowest BCUT2D eigenvalue weighted by atomic mass is 10.1. The first-order chi connectivity index (χ1) is 16.9. The van der Waals surface area contributed by atoms with Crippen molar-refractivity contribution < 1.29 is 23.8 Å². The maximum absolute atomic E-state index is 12.6. The number of hydrogen-bond acceptors (Lipinski definition) is 6. The van der Waals surface area contributed by atoms with E-state index in [1.807, 2.05) is 37.3 Å². The maximum Gasteiger partial charge on any atom is 0.337 e. The fourth-order valence-corrected chi connectivity index (χ4v) is 3.42. The van der Waals surface area contributed by atoms with Crippen LogP contribution in [0.4, 0.5) is 5.69 Å². The number of anilines is 1. The number of nitriles is 1.